The van der Waals surface area contributed by atoms with Crippen molar-refractivity contribution < 1.29 is 4.74 Å². The van der Waals surface area contributed by atoms with Gasteiger partial charge in [-0.2, -0.15) is 0 Å². The highest BCUT2D eigenvalue weighted by Crippen LogP contribution is 2.37. The lowest BCUT2D eigenvalue weighted by molar-refractivity contribution is 0.449. The largest absolute Gasteiger partial charge is 0.439 e. The van der Waals surface area contributed by atoms with Crippen molar-refractivity contribution in [1.82, 2.24) is 4.98 Å². The summed E-state index contributed by atoms with van der Waals surface area (Å²) in [5.74, 6) is 1.68. The number of anilines is 1. The SMILES string of the molecule is CN1C(=Cc2ccccn2)Oc2ccccc21. The van der Waals surface area contributed by atoms with Crippen molar-refractivity contribution in [2.45, 2.75) is 0 Å². The van der Waals surface area contributed by atoms with E-state index in [0.717, 1.165) is 23.0 Å². The van der Waals surface area contributed by atoms with Crippen LogP contribution in [0.4, 0.5) is 5.69 Å². The molecule has 2 heterocycles. The van der Waals surface area contributed by atoms with Gasteiger partial charge in [0.25, 0.3) is 0 Å². The molecule has 1 aliphatic heterocycles. The minimum absolute atomic E-state index is 0.796. The van der Waals surface area contributed by atoms with Gasteiger partial charge in [-0.1, -0.05) is 18.2 Å². The highest BCUT2D eigenvalue weighted by molar-refractivity contribution is 5.69. The van der Waals surface area contributed by atoms with Crippen LogP contribution in [0.3, 0.4) is 0 Å². The van der Waals surface area contributed by atoms with E-state index in [2.05, 4.69) is 4.98 Å². The molecule has 0 unspecified atom stereocenters. The van der Waals surface area contributed by atoms with E-state index < -0.39 is 0 Å². The van der Waals surface area contributed by atoms with Crippen LogP contribution in [0, 0.1) is 0 Å². The minimum atomic E-state index is 0.796. The number of aromatic nitrogens is 1. The maximum atomic E-state index is 5.77. The minimum Gasteiger partial charge on any atom is -0.439 e. The third-order valence-electron chi connectivity index (χ3n) is 2.73. The molecule has 84 valence electrons. The standard InChI is InChI=1S/C14H12N2O/c1-16-12-7-2-3-8-13(12)17-14(16)10-11-6-4-5-9-15-11/h2-10H,1H3. The first-order valence-corrected chi connectivity index (χ1v) is 5.48. The van der Waals surface area contributed by atoms with Crippen molar-refractivity contribution in [2.75, 3.05) is 11.9 Å². The molecule has 0 saturated heterocycles. The summed E-state index contributed by atoms with van der Waals surface area (Å²) < 4.78 is 5.77. The summed E-state index contributed by atoms with van der Waals surface area (Å²) in [6.45, 7) is 0. The number of para-hydroxylation sites is 2. The summed E-state index contributed by atoms with van der Waals surface area (Å²) >= 11 is 0. The summed E-state index contributed by atoms with van der Waals surface area (Å²) in [7, 11) is 1.99. The molecular formula is C14H12N2O. The highest BCUT2D eigenvalue weighted by atomic mass is 16.5. The van der Waals surface area contributed by atoms with Crippen LogP contribution in [-0.4, -0.2) is 12.0 Å². The molecule has 3 rings (SSSR count). The molecule has 1 aromatic carbocycles. The maximum absolute atomic E-state index is 5.77. The van der Waals surface area contributed by atoms with Crippen molar-refractivity contribution in [3.05, 3.63) is 60.2 Å². The van der Waals surface area contributed by atoms with Crippen molar-refractivity contribution >= 4 is 11.8 Å². The van der Waals surface area contributed by atoms with Crippen LogP contribution in [0.15, 0.2) is 54.5 Å². The number of hydrogen-bond acceptors (Lipinski definition) is 3. The van der Waals surface area contributed by atoms with Crippen LogP contribution >= 0.6 is 0 Å². The zero-order chi connectivity index (χ0) is 11.7. The van der Waals surface area contributed by atoms with Crippen molar-refractivity contribution in [3.63, 3.8) is 0 Å². The monoisotopic (exact) mass is 224 g/mol. The smallest absolute Gasteiger partial charge is 0.202 e. The normalized spacial score (nSPS) is 15.8. The number of rotatable bonds is 1. The second-order valence-corrected chi connectivity index (χ2v) is 3.87. The van der Waals surface area contributed by atoms with E-state index >= 15 is 0 Å². The number of nitrogens with zero attached hydrogens (tertiary/aromatic N) is 2. The molecule has 2 aromatic rings. The first kappa shape index (κ1) is 9.90. The van der Waals surface area contributed by atoms with Gasteiger partial charge in [-0.3, -0.25) is 4.98 Å². The lowest BCUT2D eigenvalue weighted by Gasteiger charge is -2.10. The summed E-state index contributed by atoms with van der Waals surface area (Å²) in [5, 5.41) is 0. The third kappa shape index (κ3) is 1.76. The van der Waals surface area contributed by atoms with Crippen molar-refractivity contribution in [3.8, 4) is 5.75 Å². The molecule has 0 fully saturated rings. The van der Waals surface area contributed by atoms with E-state index in [1.54, 1.807) is 6.20 Å². The predicted octanol–water partition coefficient (Wildman–Crippen LogP) is 2.91. The van der Waals surface area contributed by atoms with E-state index in [0.29, 0.717) is 0 Å². The summed E-state index contributed by atoms with van der Waals surface area (Å²) in [6, 6.07) is 13.8. The van der Waals surface area contributed by atoms with Gasteiger partial charge >= 0.3 is 0 Å². The van der Waals surface area contributed by atoms with E-state index in [9.17, 15) is 0 Å². The van der Waals surface area contributed by atoms with Crippen LogP contribution < -0.4 is 9.64 Å². The van der Waals surface area contributed by atoms with Gasteiger partial charge in [-0.05, 0) is 24.3 Å². The summed E-state index contributed by atoms with van der Waals surface area (Å²) in [4.78, 5) is 6.27. The van der Waals surface area contributed by atoms with E-state index in [-0.39, 0.29) is 0 Å². The Morgan fingerprint density at radius 2 is 1.94 bits per heavy atom. The molecular weight excluding hydrogens is 212 g/mol. The second kappa shape index (κ2) is 3.94. The second-order valence-electron chi connectivity index (χ2n) is 3.87. The number of hydrogen-bond donors (Lipinski definition) is 0. The number of pyridine rings is 1. The summed E-state index contributed by atoms with van der Waals surface area (Å²) in [5.41, 5.74) is 1.97. The predicted molar refractivity (Wildman–Crippen MR) is 67.7 cm³/mol. The fraction of sp³-hybridized carbons (Fsp3) is 0.0714. The molecule has 1 aliphatic rings. The zero-order valence-corrected chi connectivity index (χ0v) is 9.50. The number of ether oxygens (including phenoxy) is 1. The van der Waals surface area contributed by atoms with Gasteiger partial charge in [0, 0.05) is 19.3 Å². The molecule has 3 heteroatoms. The molecule has 17 heavy (non-hydrogen) atoms. The average molecular weight is 224 g/mol. The molecule has 0 saturated carbocycles. The van der Waals surface area contributed by atoms with Gasteiger partial charge in [0.15, 0.2) is 5.75 Å². The van der Waals surface area contributed by atoms with E-state index in [1.165, 1.54) is 0 Å². The average Bonchev–Trinajstić information content (AvgIpc) is 2.68. The van der Waals surface area contributed by atoms with Gasteiger partial charge in [-0.15, -0.1) is 0 Å². The van der Waals surface area contributed by atoms with Gasteiger partial charge in [-0.25, -0.2) is 0 Å². The van der Waals surface area contributed by atoms with Gasteiger partial charge < -0.3 is 9.64 Å². The van der Waals surface area contributed by atoms with Crippen LogP contribution in [0.25, 0.3) is 6.08 Å². The molecule has 0 spiro atoms. The Morgan fingerprint density at radius 3 is 2.71 bits per heavy atom. The van der Waals surface area contributed by atoms with E-state index in [4.69, 9.17) is 4.74 Å². The fourth-order valence-corrected chi connectivity index (χ4v) is 1.83. The lowest BCUT2D eigenvalue weighted by atomic mass is 10.3. The lowest BCUT2D eigenvalue weighted by Crippen LogP contribution is -2.13. The fourth-order valence-electron chi connectivity index (χ4n) is 1.83. The summed E-state index contributed by atoms with van der Waals surface area (Å²) in [6.07, 6.45) is 3.70. The maximum Gasteiger partial charge on any atom is 0.202 e. The molecule has 0 bridgehead atoms. The van der Waals surface area contributed by atoms with Crippen molar-refractivity contribution in [1.29, 1.82) is 0 Å². The Hall–Kier alpha value is -2.29. The molecule has 0 atom stereocenters. The molecule has 0 radical (unpaired) electrons. The third-order valence-corrected chi connectivity index (χ3v) is 2.73. The van der Waals surface area contributed by atoms with Crippen LogP contribution in [-0.2, 0) is 0 Å². The van der Waals surface area contributed by atoms with Crippen LogP contribution in [0.1, 0.15) is 5.69 Å². The molecule has 3 nitrogen and oxygen atoms in total. The molecule has 0 aliphatic carbocycles. The Morgan fingerprint density at radius 1 is 1.12 bits per heavy atom. The molecule has 1 aromatic heterocycles. The Labute approximate surface area is 100.0 Å². The van der Waals surface area contributed by atoms with Gasteiger partial charge in [0.05, 0.1) is 11.4 Å². The molecule has 0 amide bonds. The first-order chi connectivity index (χ1) is 8.34. The Balaban J connectivity index is 1.97. The molecule has 0 N–H and O–H groups in total. The Bertz CT molecular complexity index is 563. The number of fused-ring (bicyclic) bond motifs is 1. The van der Waals surface area contributed by atoms with Gasteiger partial charge in [0.1, 0.15) is 0 Å². The van der Waals surface area contributed by atoms with Gasteiger partial charge in [0.2, 0.25) is 5.88 Å². The quantitative estimate of drug-likeness (QED) is 0.744. The zero-order valence-electron chi connectivity index (χ0n) is 9.50. The van der Waals surface area contributed by atoms with Crippen molar-refractivity contribution in [2.24, 2.45) is 0 Å². The van der Waals surface area contributed by atoms with Crippen LogP contribution in [0.5, 0.6) is 5.75 Å². The Kier molecular flexibility index (Phi) is 2.29. The highest BCUT2D eigenvalue weighted by Gasteiger charge is 2.21. The van der Waals surface area contributed by atoms with E-state index in [1.807, 2.05) is 60.5 Å². The number of benzene rings is 1. The van der Waals surface area contributed by atoms with Crippen LogP contribution in [0.2, 0.25) is 0 Å². The topological polar surface area (TPSA) is 25.4 Å². The first-order valence-electron chi connectivity index (χ1n) is 5.48.